The van der Waals surface area contributed by atoms with E-state index >= 15 is 0 Å². The first kappa shape index (κ1) is 14.7. The van der Waals surface area contributed by atoms with Gasteiger partial charge in [-0.2, -0.15) is 4.31 Å². The van der Waals surface area contributed by atoms with Crippen molar-refractivity contribution in [1.29, 1.82) is 0 Å². The number of methoxy groups -OCH3 is 1. The van der Waals surface area contributed by atoms with Crippen LogP contribution in [0.2, 0.25) is 0 Å². The van der Waals surface area contributed by atoms with Gasteiger partial charge >= 0.3 is 5.97 Å². The van der Waals surface area contributed by atoms with Gasteiger partial charge in [0.15, 0.2) is 0 Å². The smallest absolute Gasteiger partial charge is 0.321 e. The Labute approximate surface area is 107 Å². The second kappa shape index (κ2) is 5.97. The van der Waals surface area contributed by atoms with Crippen LogP contribution in [0.15, 0.2) is 29.2 Å². The molecule has 0 N–H and O–H groups in total. The number of carbonyl (C=O) groups is 1. The van der Waals surface area contributed by atoms with E-state index in [2.05, 4.69) is 4.74 Å². The van der Waals surface area contributed by atoms with Gasteiger partial charge in [0.05, 0.1) is 12.0 Å². The number of hydrogen-bond acceptors (Lipinski definition) is 4. The lowest BCUT2D eigenvalue weighted by atomic mass is 10.2. The molecule has 100 valence electrons. The molecule has 0 saturated carbocycles. The zero-order valence-corrected chi connectivity index (χ0v) is 11.5. The van der Waals surface area contributed by atoms with Crippen LogP contribution in [-0.2, 0) is 19.6 Å². The second-order valence-corrected chi connectivity index (χ2v) is 5.76. The number of sulfonamides is 1. The van der Waals surface area contributed by atoms with Crippen LogP contribution >= 0.6 is 0 Å². The average Bonchev–Trinajstić information content (AvgIpc) is 2.35. The minimum absolute atomic E-state index is 0.188. The quantitative estimate of drug-likeness (QED) is 0.754. The van der Waals surface area contributed by atoms with Crippen molar-refractivity contribution in [2.45, 2.75) is 18.7 Å². The Balaban J connectivity index is 3.07. The predicted octanol–water partition coefficient (Wildman–Crippen LogP) is 1.18. The fourth-order valence-electron chi connectivity index (χ4n) is 1.50. The molecule has 0 aliphatic carbocycles. The van der Waals surface area contributed by atoms with Crippen molar-refractivity contribution in [1.82, 2.24) is 4.31 Å². The monoisotopic (exact) mass is 271 g/mol. The summed E-state index contributed by atoms with van der Waals surface area (Å²) < 4.78 is 30.2. The van der Waals surface area contributed by atoms with Gasteiger partial charge < -0.3 is 4.74 Å². The number of carbonyl (C=O) groups excluding carboxylic acids is 1. The van der Waals surface area contributed by atoms with E-state index in [0.717, 1.165) is 9.87 Å². The van der Waals surface area contributed by atoms with Gasteiger partial charge in [0.2, 0.25) is 10.0 Å². The van der Waals surface area contributed by atoms with Gasteiger partial charge in [-0.3, -0.25) is 4.79 Å². The Hall–Kier alpha value is -1.40. The molecule has 0 spiro atoms. The van der Waals surface area contributed by atoms with Gasteiger partial charge in [-0.1, -0.05) is 19.1 Å². The Morgan fingerprint density at radius 1 is 1.39 bits per heavy atom. The standard InChI is InChI=1S/C12H17NO4S/c1-4-13(9-12(14)17-3)18(15,16)11-7-5-6-10(2)8-11/h5-8H,4,9H2,1-3H3. The fourth-order valence-corrected chi connectivity index (χ4v) is 3.00. The number of hydrogen-bond donors (Lipinski definition) is 0. The largest absolute Gasteiger partial charge is 0.468 e. The van der Waals surface area contributed by atoms with Crippen molar-refractivity contribution >= 4 is 16.0 Å². The highest BCUT2D eigenvalue weighted by Gasteiger charge is 2.25. The molecule has 0 aliphatic heterocycles. The molecule has 0 unspecified atom stereocenters. The average molecular weight is 271 g/mol. The van der Waals surface area contributed by atoms with E-state index in [1.165, 1.54) is 13.2 Å². The number of benzene rings is 1. The van der Waals surface area contributed by atoms with E-state index in [4.69, 9.17) is 0 Å². The summed E-state index contributed by atoms with van der Waals surface area (Å²) in [6.45, 7) is 3.43. The topological polar surface area (TPSA) is 63.7 Å². The van der Waals surface area contributed by atoms with E-state index < -0.39 is 16.0 Å². The lowest BCUT2D eigenvalue weighted by Crippen LogP contribution is -2.36. The van der Waals surface area contributed by atoms with Crippen LogP contribution in [0.4, 0.5) is 0 Å². The molecule has 0 aromatic heterocycles. The molecule has 1 rings (SSSR count). The maximum Gasteiger partial charge on any atom is 0.321 e. The normalized spacial score (nSPS) is 11.6. The summed E-state index contributed by atoms with van der Waals surface area (Å²) >= 11 is 0. The van der Waals surface area contributed by atoms with Crippen LogP contribution in [0.25, 0.3) is 0 Å². The summed E-state index contributed by atoms with van der Waals surface area (Å²) in [6.07, 6.45) is 0. The van der Waals surface area contributed by atoms with Crippen molar-refractivity contribution < 1.29 is 17.9 Å². The van der Waals surface area contributed by atoms with Crippen molar-refractivity contribution in [3.05, 3.63) is 29.8 Å². The van der Waals surface area contributed by atoms with Gasteiger partial charge in [0, 0.05) is 6.54 Å². The molecule has 1 aromatic rings. The van der Waals surface area contributed by atoms with Gasteiger partial charge in [-0.15, -0.1) is 0 Å². The van der Waals surface area contributed by atoms with Gasteiger partial charge in [0.25, 0.3) is 0 Å². The molecule has 0 fully saturated rings. The minimum atomic E-state index is -3.65. The number of nitrogens with zero attached hydrogens (tertiary/aromatic N) is 1. The second-order valence-electron chi connectivity index (χ2n) is 3.82. The zero-order valence-electron chi connectivity index (χ0n) is 10.7. The maximum absolute atomic E-state index is 12.3. The Morgan fingerprint density at radius 2 is 2.06 bits per heavy atom. The zero-order chi connectivity index (χ0) is 13.8. The number of rotatable bonds is 5. The first-order valence-electron chi connectivity index (χ1n) is 5.55. The first-order chi connectivity index (χ1) is 8.41. The molecule has 0 amide bonds. The van der Waals surface area contributed by atoms with Crippen LogP contribution < -0.4 is 0 Å². The van der Waals surface area contributed by atoms with Crippen LogP contribution in [0.3, 0.4) is 0 Å². The van der Waals surface area contributed by atoms with Crippen LogP contribution in [-0.4, -0.2) is 38.9 Å². The van der Waals surface area contributed by atoms with Crippen LogP contribution in [0.5, 0.6) is 0 Å². The maximum atomic E-state index is 12.3. The molecule has 1 aromatic carbocycles. The first-order valence-corrected chi connectivity index (χ1v) is 6.99. The summed E-state index contributed by atoms with van der Waals surface area (Å²) in [4.78, 5) is 11.4. The summed E-state index contributed by atoms with van der Waals surface area (Å²) in [5.41, 5.74) is 0.852. The van der Waals surface area contributed by atoms with Crippen LogP contribution in [0.1, 0.15) is 12.5 Å². The summed E-state index contributed by atoms with van der Waals surface area (Å²) in [5, 5.41) is 0. The third kappa shape index (κ3) is 3.30. The Bertz CT molecular complexity index is 525. The minimum Gasteiger partial charge on any atom is -0.468 e. The van der Waals surface area contributed by atoms with E-state index in [9.17, 15) is 13.2 Å². The molecule has 0 atom stereocenters. The molecule has 0 radical (unpaired) electrons. The van der Waals surface area contributed by atoms with E-state index in [-0.39, 0.29) is 18.0 Å². The molecule has 0 bridgehead atoms. The van der Waals surface area contributed by atoms with Crippen LogP contribution in [0, 0.1) is 6.92 Å². The number of ether oxygens (including phenoxy) is 1. The van der Waals surface area contributed by atoms with E-state index in [0.29, 0.717) is 0 Å². The van der Waals surface area contributed by atoms with E-state index in [1.54, 1.807) is 19.1 Å². The number of esters is 1. The Kier molecular flexibility index (Phi) is 4.86. The summed E-state index contributed by atoms with van der Waals surface area (Å²) in [7, 11) is -2.41. The summed E-state index contributed by atoms with van der Waals surface area (Å²) in [5.74, 6) is -0.576. The highest BCUT2D eigenvalue weighted by atomic mass is 32.2. The molecule has 0 aliphatic rings. The lowest BCUT2D eigenvalue weighted by Gasteiger charge is -2.19. The lowest BCUT2D eigenvalue weighted by molar-refractivity contribution is -0.140. The Morgan fingerprint density at radius 3 is 2.56 bits per heavy atom. The molecule has 6 heteroatoms. The predicted molar refractivity (Wildman–Crippen MR) is 67.6 cm³/mol. The molecule has 18 heavy (non-hydrogen) atoms. The number of aryl methyl sites for hydroxylation is 1. The number of likely N-dealkylation sites (N-methyl/N-ethyl adjacent to an activating group) is 1. The van der Waals surface area contributed by atoms with Gasteiger partial charge in [-0.05, 0) is 24.6 Å². The third-order valence-corrected chi connectivity index (χ3v) is 4.43. The molecule has 0 heterocycles. The molecular formula is C12H17NO4S. The van der Waals surface area contributed by atoms with E-state index in [1.807, 2.05) is 13.0 Å². The highest BCUT2D eigenvalue weighted by molar-refractivity contribution is 7.89. The fraction of sp³-hybridized carbons (Fsp3) is 0.417. The third-order valence-electron chi connectivity index (χ3n) is 2.51. The SMILES string of the molecule is CCN(CC(=O)OC)S(=O)(=O)c1cccc(C)c1. The van der Waals surface area contributed by atoms with Gasteiger partial charge in [-0.25, -0.2) is 8.42 Å². The van der Waals surface area contributed by atoms with Crippen molar-refractivity contribution in [2.75, 3.05) is 20.2 Å². The van der Waals surface area contributed by atoms with Crippen molar-refractivity contribution in [3.63, 3.8) is 0 Å². The molecule has 0 saturated heterocycles. The molecule has 5 nitrogen and oxygen atoms in total. The highest BCUT2D eigenvalue weighted by Crippen LogP contribution is 2.16. The van der Waals surface area contributed by atoms with Crippen molar-refractivity contribution in [2.24, 2.45) is 0 Å². The summed E-state index contributed by atoms with van der Waals surface area (Å²) in [6, 6.07) is 6.58. The van der Waals surface area contributed by atoms with Crippen molar-refractivity contribution in [3.8, 4) is 0 Å². The van der Waals surface area contributed by atoms with Gasteiger partial charge in [0.1, 0.15) is 6.54 Å². The molecular weight excluding hydrogens is 254 g/mol.